The van der Waals surface area contributed by atoms with E-state index < -0.39 is 11.5 Å². The highest BCUT2D eigenvalue weighted by Crippen LogP contribution is 2.67. The van der Waals surface area contributed by atoms with Crippen molar-refractivity contribution in [2.75, 3.05) is 19.7 Å². The first-order chi connectivity index (χ1) is 12.9. The van der Waals surface area contributed by atoms with Crippen molar-refractivity contribution < 1.29 is 23.6 Å². The third-order valence-electron chi connectivity index (χ3n) is 6.32. The lowest BCUT2D eigenvalue weighted by Crippen LogP contribution is -2.78. The Morgan fingerprint density at radius 1 is 1.26 bits per heavy atom. The molecule has 2 amide bonds. The Morgan fingerprint density at radius 2 is 2.04 bits per heavy atom. The zero-order chi connectivity index (χ0) is 19.1. The highest BCUT2D eigenvalue weighted by atomic mass is 35.5. The number of carbonyl (C=O) groups is 2. The SMILES string of the molecule is O=C(COC1CCC(Cl)C(F)C1)NC12CC(C(=O)NCC3CCNO3)(C1)C2. The number of hydroxylamine groups is 1. The highest BCUT2D eigenvalue weighted by molar-refractivity contribution is 6.21. The fraction of sp³-hybridized carbons (Fsp3) is 0.889. The third-order valence-corrected chi connectivity index (χ3v) is 6.81. The second kappa shape index (κ2) is 7.46. The summed E-state index contributed by atoms with van der Waals surface area (Å²) >= 11 is 5.86. The summed E-state index contributed by atoms with van der Waals surface area (Å²) < 4.78 is 19.2. The second-order valence-corrected chi connectivity index (χ2v) is 9.11. The van der Waals surface area contributed by atoms with Gasteiger partial charge in [-0.25, -0.2) is 9.87 Å². The fourth-order valence-corrected chi connectivity index (χ4v) is 5.10. The highest BCUT2D eigenvalue weighted by Gasteiger charge is 2.72. The van der Waals surface area contributed by atoms with Crippen LogP contribution in [0.3, 0.4) is 0 Å². The summed E-state index contributed by atoms with van der Waals surface area (Å²) in [4.78, 5) is 29.8. The molecule has 5 fully saturated rings. The van der Waals surface area contributed by atoms with Crippen LogP contribution in [-0.4, -0.2) is 60.8 Å². The number of amides is 2. The Hall–Kier alpha value is -0.960. The van der Waals surface area contributed by atoms with Crippen LogP contribution >= 0.6 is 11.6 Å². The minimum Gasteiger partial charge on any atom is -0.368 e. The van der Waals surface area contributed by atoms with Gasteiger partial charge in [-0.1, -0.05) is 0 Å². The van der Waals surface area contributed by atoms with Crippen LogP contribution in [0.5, 0.6) is 0 Å². The molecule has 1 heterocycles. The number of hydrogen-bond donors (Lipinski definition) is 3. The smallest absolute Gasteiger partial charge is 0.246 e. The van der Waals surface area contributed by atoms with Crippen molar-refractivity contribution in [1.29, 1.82) is 0 Å². The van der Waals surface area contributed by atoms with Gasteiger partial charge in [-0.05, 0) is 38.5 Å². The average molecular weight is 404 g/mol. The van der Waals surface area contributed by atoms with Gasteiger partial charge in [0.2, 0.25) is 11.8 Å². The molecule has 27 heavy (non-hydrogen) atoms. The molecule has 1 saturated heterocycles. The monoisotopic (exact) mass is 403 g/mol. The van der Waals surface area contributed by atoms with E-state index in [0.29, 0.717) is 38.6 Å². The van der Waals surface area contributed by atoms with Crippen LogP contribution in [0.4, 0.5) is 4.39 Å². The lowest BCUT2D eigenvalue weighted by Gasteiger charge is -2.69. The maximum atomic E-state index is 13.6. The van der Waals surface area contributed by atoms with Crippen molar-refractivity contribution in [2.24, 2.45) is 5.41 Å². The van der Waals surface area contributed by atoms with Gasteiger partial charge in [0.25, 0.3) is 0 Å². The van der Waals surface area contributed by atoms with E-state index in [9.17, 15) is 14.0 Å². The zero-order valence-electron chi connectivity index (χ0n) is 15.3. The summed E-state index contributed by atoms with van der Waals surface area (Å²) in [6.07, 6.45) is 3.11. The molecule has 0 spiro atoms. The van der Waals surface area contributed by atoms with E-state index in [1.54, 1.807) is 0 Å². The van der Waals surface area contributed by atoms with E-state index in [1.165, 1.54) is 0 Å². The number of halogens is 2. The lowest BCUT2D eigenvalue weighted by atomic mass is 9.39. The van der Waals surface area contributed by atoms with Gasteiger partial charge in [0.1, 0.15) is 12.8 Å². The lowest BCUT2D eigenvalue weighted by molar-refractivity contribution is -0.185. The molecule has 5 rings (SSSR count). The summed E-state index contributed by atoms with van der Waals surface area (Å²) in [5, 5.41) is 5.51. The van der Waals surface area contributed by atoms with E-state index in [4.69, 9.17) is 21.2 Å². The van der Waals surface area contributed by atoms with Crippen LogP contribution in [0.15, 0.2) is 0 Å². The molecule has 1 aliphatic heterocycles. The maximum absolute atomic E-state index is 13.6. The number of alkyl halides is 2. The Balaban J connectivity index is 1.14. The topological polar surface area (TPSA) is 88.7 Å². The Kier molecular flexibility index (Phi) is 5.35. The summed E-state index contributed by atoms with van der Waals surface area (Å²) in [6.45, 7) is 1.25. The minimum absolute atomic E-state index is 0.0323. The van der Waals surface area contributed by atoms with Crippen molar-refractivity contribution in [3.8, 4) is 0 Å². The van der Waals surface area contributed by atoms with Crippen LogP contribution in [0, 0.1) is 5.41 Å². The van der Waals surface area contributed by atoms with Gasteiger partial charge in [-0.3, -0.25) is 14.4 Å². The van der Waals surface area contributed by atoms with Crippen molar-refractivity contribution >= 4 is 23.4 Å². The molecule has 0 aromatic heterocycles. The summed E-state index contributed by atoms with van der Waals surface area (Å²) in [5.41, 5.74) is 2.21. The average Bonchev–Trinajstić information content (AvgIpc) is 3.09. The first-order valence-corrected chi connectivity index (χ1v) is 10.2. The number of carbonyl (C=O) groups excluding carboxylic acids is 2. The molecule has 4 atom stereocenters. The molecule has 3 N–H and O–H groups in total. The predicted molar refractivity (Wildman–Crippen MR) is 95.8 cm³/mol. The molecular weight excluding hydrogens is 377 g/mol. The maximum Gasteiger partial charge on any atom is 0.246 e. The predicted octanol–water partition coefficient (Wildman–Crippen LogP) is 0.950. The molecule has 0 aromatic rings. The van der Waals surface area contributed by atoms with Gasteiger partial charge in [0.05, 0.1) is 23.0 Å². The molecule has 0 aromatic carbocycles. The van der Waals surface area contributed by atoms with Crippen molar-refractivity contribution in [1.82, 2.24) is 16.1 Å². The Bertz CT molecular complexity index is 581. The summed E-state index contributed by atoms with van der Waals surface area (Å²) in [5.74, 6) is -0.144. The Morgan fingerprint density at radius 3 is 2.70 bits per heavy atom. The number of nitrogens with one attached hydrogen (secondary N) is 3. The first-order valence-electron chi connectivity index (χ1n) is 9.77. The van der Waals surface area contributed by atoms with Crippen molar-refractivity contribution in [3.63, 3.8) is 0 Å². The van der Waals surface area contributed by atoms with Gasteiger partial charge in [0, 0.05) is 25.0 Å². The molecule has 4 unspecified atom stereocenters. The molecule has 9 heteroatoms. The fourth-order valence-electron chi connectivity index (χ4n) is 4.87. The molecule has 4 saturated carbocycles. The number of rotatable bonds is 7. The minimum atomic E-state index is -1.07. The normalized spacial score (nSPS) is 42.7. The van der Waals surface area contributed by atoms with Crippen molar-refractivity contribution in [3.05, 3.63) is 0 Å². The molecule has 5 aliphatic rings. The van der Waals surface area contributed by atoms with E-state index in [-0.39, 0.29) is 48.0 Å². The zero-order valence-corrected chi connectivity index (χ0v) is 16.0. The van der Waals surface area contributed by atoms with Gasteiger partial charge in [-0.15, -0.1) is 11.6 Å². The van der Waals surface area contributed by atoms with E-state index in [2.05, 4.69) is 16.1 Å². The van der Waals surface area contributed by atoms with Crippen molar-refractivity contribution in [2.45, 2.75) is 74.2 Å². The number of hydrogen-bond acceptors (Lipinski definition) is 5. The molecule has 0 radical (unpaired) electrons. The van der Waals surface area contributed by atoms with Crippen LogP contribution in [0.25, 0.3) is 0 Å². The largest absolute Gasteiger partial charge is 0.368 e. The van der Waals surface area contributed by atoms with E-state index in [0.717, 1.165) is 13.0 Å². The third kappa shape index (κ3) is 3.95. The van der Waals surface area contributed by atoms with Crippen LogP contribution in [-0.2, 0) is 19.2 Å². The number of ether oxygens (including phenoxy) is 1. The summed E-state index contributed by atoms with van der Waals surface area (Å²) in [7, 11) is 0. The van der Waals surface area contributed by atoms with Crippen LogP contribution in [0.1, 0.15) is 44.9 Å². The van der Waals surface area contributed by atoms with E-state index in [1.807, 2.05) is 0 Å². The molecule has 152 valence electrons. The second-order valence-electron chi connectivity index (χ2n) is 8.55. The standard InChI is InChI=1S/C18H27ClFN3O4/c19-13-2-1-11(5-14(13)20)26-7-15(24)23-18-8-17(9-18,10-18)16(25)21-6-12-3-4-22-27-12/h11-14,22H,1-10H2,(H,21,25)(H,23,24). The Labute approximate surface area is 163 Å². The quantitative estimate of drug-likeness (QED) is 0.551. The molecule has 7 nitrogen and oxygen atoms in total. The van der Waals surface area contributed by atoms with Crippen LogP contribution < -0.4 is 16.1 Å². The van der Waals surface area contributed by atoms with Crippen LogP contribution in [0.2, 0.25) is 0 Å². The molecule has 2 bridgehead atoms. The molecular formula is C18H27ClFN3O4. The van der Waals surface area contributed by atoms with Gasteiger partial charge in [0.15, 0.2) is 0 Å². The van der Waals surface area contributed by atoms with Gasteiger partial charge in [-0.2, -0.15) is 0 Å². The van der Waals surface area contributed by atoms with E-state index >= 15 is 0 Å². The molecule has 4 aliphatic carbocycles. The first kappa shape index (κ1) is 19.4. The van der Waals surface area contributed by atoms with Gasteiger partial charge < -0.3 is 15.4 Å². The van der Waals surface area contributed by atoms with Gasteiger partial charge >= 0.3 is 0 Å². The summed E-state index contributed by atoms with van der Waals surface area (Å²) in [6, 6.07) is 0.